The van der Waals surface area contributed by atoms with E-state index in [0.717, 1.165) is 36.4 Å². The third-order valence-electron chi connectivity index (χ3n) is 3.19. The van der Waals surface area contributed by atoms with Crippen molar-refractivity contribution in [2.45, 2.75) is 19.1 Å². The van der Waals surface area contributed by atoms with Crippen LogP contribution in [0.3, 0.4) is 0 Å². The summed E-state index contributed by atoms with van der Waals surface area (Å²) in [5, 5.41) is 0. The second kappa shape index (κ2) is 4.00. The van der Waals surface area contributed by atoms with E-state index in [9.17, 15) is 0 Å². The van der Waals surface area contributed by atoms with E-state index in [-0.39, 0.29) is 6.23 Å². The van der Waals surface area contributed by atoms with E-state index < -0.39 is 0 Å². The van der Waals surface area contributed by atoms with E-state index in [1.807, 2.05) is 10.9 Å². The SMILES string of the molecule is C[N+](C)(C)c1ncnc2c1ncn2[C@@H]1CCCO1. The topological polar surface area (TPSA) is 52.8 Å². The van der Waals surface area contributed by atoms with E-state index in [1.54, 1.807) is 6.33 Å². The molecule has 0 saturated carbocycles. The van der Waals surface area contributed by atoms with Gasteiger partial charge in [0.15, 0.2) is 11.2 Å². The molecule has 0 bridgehead atoms. The minimum Gasteiger partial charge on any atom is -0.358 e. The van der Waals surface area contributed by atoms with Crippen molar-refractivity contribution >= 4 is 17.0 Å². The molecule has 1 aliphatic rings. The molecular formula is C12H18N5O+. The Labute approximate surface area is 106 Å². The van der Waals surface area contributed by atoms with Crippen molar-refractivity contribution in [3.8, 4) is 0 Å². The first-order valence-electron chi connectivity index (χ1n) is 6.18. The summed E-state index contributed by atoms with van der Waals surface area (Å²) in [5.41, 5.74) is 1.72. The van der Waals surface area contributed by atoms with Crippen LogP contribution in [0.5, 0.6) is 0 Å². The van der Waals surface area contributed by atoms with E-state index in [2.05, 4.69) is 36.1 Å². The van der Waals surface area contributed by atoms with Gasteiger partial charge in [0.2, 0.25) is 0 Å². The molecule has 1 atom stereocenters. The van der Waals surface area contributed by atoms with Gasteiger partial charge in [-0.2, -0.15) is 4.98 Å². The van der Waals surface area contributed by atoms with Crippen LogP contribution in [-0.4, -0.2) is 47.3 Å². The lowest BCUT2D eigenvalue weighted by molar-refractivity contribution is 0.0593. The molecule has 2 aromatic rings. The monoisotopic (exact) mass is 248 g/mol. The molecule has 0 aromatic carbocycles. The molecule has 1 saturated heterocycles. The summed E-state index contributed by atoms with van der Waals surface area (Å²) in [7, 11) is 6.23. The van der Waals surface area contributed by atoms with Gasteiger partial charge in [0.05, 0.1) is 27.5 Å². The molecule has 3 heterocycles. The fraction of sp³-hybridized carbons (Fsp3) is 0.583. The van der Waals surface area contributed by atoms with Crippen LogP contribution in [-0.2, 0) is 4.74 Å². The zero-order chi connectivity index (χ0) is 12.8. The van der Waals surface area contributed by atoms with Crippen molar-refractivity contribution in [1.29, 1.82) is 0 Å². The number of hydrogen-bond acceptors (Lipinski definition) is 4. The predicted molar refractivity (Wildman–Crippen MR) is 69.1 cm³/mol. The standard InChI is InChI=1S/C12H18N5O/c1-17(2,3)12-10-11(13-7-14-12)16(8-15-10)9-5-4-6-18-9/h7-9H,4-6H2,1-3H3/q+1/t9-/m0/s1. The fourth-order valence-corrected chi connectivity index (χ4v) is 2.32. The quantitative estimate of drug-likeness (QED) is 0.752. The molecular weight excluding hydrogens is 230 g/mol. The Bertz CT molecular complexity index is 565. The summed E-state index contributed by atoms with van der Waals surface area (Å²) in [6.07, 6.45) is 5.61. The number of hydrogen-bond donors (Lipinski definition) is 0. The summed E-state index contributed by atoms with van der Waals surface area (Å²) in [6, 6.07) is 0. The molecule has 0 amide bonds. The van der Waals surface area contributed by atoms with Crippen LogP contribution >= 0.6 is 0 Å². The molecule has 1 fully saturated rings. The Morgan fingerprint density at radius 3 is 2.78 bits per heavy atom. The fourth-order valence-electron chi connectivity index (χ4n) is 2.32. The minimum atomic E-state index is 0.0743. The highest BCUT2D eigenvalue weighted by molar-refractivity contribution is 5.81. The third-order valence-corrected chi connectivity index (χ3v) is 3.19. The highest BCUT2D eigenvalue weighted by Gasteiger charge is 2.25. The number of ether oxygens (including phenoxy) is 1. The number of rotatable bonds is 2. The van der Waals surface area contributed by atoms with Crippen molar-refractivity contribution in [1.82, 2.24) is 24.0 Å². The Hall–Kier alpha value is -1.53. The Morgan fingerprint density at radius 2 is 2.11 bits per heavy atom. The zero-order valence-corrected chi connectivity index (χ0v) is 11.0. The number of imidazole rings is 1. The lowest BCUT2D eigenvalue weighted by atomic mass is 10.3. The van der Waals surface area contributed by atoms with Crippen LogP contribution in [0.4, 0.5) is 5.82 Å². The summed E-state index contributed by atoms with van der Waals surface area (Å²) in [6.45, 7) is 0.817. The lowest BCUT2D eigenvalue weighted by Gasteiger charge is -2.21. The molecule has 6 nitrogen and oxygen atoms in total. The van der Waals surface area contributed by atoms with Crippen LogP contribution in [0.1, 0.15) is 19.1 Å². The number of quaternary nitrogens is 1. The molecule has 96 valence electrons. The first kappa shape index (κ1) is 11.6. The second-order valence-electron chi connectivity index (χ2n) is 5.50. The molecule has 0 radical (unpaired) electrons. The van der Waals surface area contributed by atoms with E-state index in [0.29, 0.717) is 4.48 Å². The molecule has 2 aromatic heterocycles. The molecule has 18 heavy (non-hydrogen) atoms. The largest absolute Gasteiger partial charge is 0.358 e. The highest BCUT2D eigenvalue weighted by Crippen LogP contribution is 2.29. The molecule has 0 unspecified atom stereocenters. The Balaban J connectivity index is 2.14. The van der Waals surface area contributed by atoms with E-state index in [4.69, 9.17) is 4.74 Å². The Morgan fingerprint density at radius 1 is 1.28 bits per heavy atom. The van der Waals surface area contributed by atoms with Gasteiger partial charge in [-0.15, -0.1) is 0 Å². The molecule has 3 rings (SSSR count). The molecule has 0 aliphatic carbocycles. The van der Waals surface area contributed by atoms with Gasteiger partial charge in [-0.3, -0.25) is 9.05 Å². The van der Waals surface area contributed by atoms with Gasteiger partial charge in [0, 0.05) is 6.61 Å². The number of nitrogens with zero attached hydrogens (tertiary/aromatic N) is 5. The first-order valence-corrected chi connectivity index (χ1v) is 6.18. The highest BCUT2D eigenvalue weighted by atomic mass is 16.5. The zero-order valence-electron chi connectivity index (χ0n) is 11.0. The van der Waals surface area contributed by atoms with Crippen molar-refractivity contribution < 1.29 is 4.74 Å². The van der Waals surface area contributed by atoms with Crippen LogP contribution in [0.25, 0.3) is 11.2 Å². The average Bonchev–Trinajstić information content (AvgIpc) is 2.95. The van der Waals surface area contributed by atoms with Gasteiger partial charge in [-0.1, -0.05) is 0 Å². The van der Waals surface area contributed by atoms with Crippen molar-refractivity contribution in [2.24, 2.45) is 0 Å². The van der Waals surface area contributed by atoms with Gasteiger partial charge in [0.25, 0.3) is 5.82 Å². The normalized spacial score (nSPS) is 20.7. The van der Waals surface area contributed by atoms with E-state index >= 15 is 0 Å². The number of fused-ring (bicyclic) bond motifs is 1. The third kappa shape index (κ3) is 1.77. The summed E-state index contributed by atoms with van der Waals surface area (Å²) >= 11 is 0. The number of aromatic nitrogens is 4. The second-order valence-corrected chi connectivity index (χ2v) is 5.50. The molecule has 0 spiro atoms. The minimum absolute atomic E-state index is 0.0743. The lowest BCUT2D eigenvalue weighted by Crippen LogP contribution is -2.36. The summed E-state index contributed by atoms with van der Waals surface area (Å²) in [5.74, 6) is 0.928. The van der Waals surface area contributed by atoms with Gasteiger partial charge in [-0.25, -0.2) is 9.97 Å². The van der Waals surface area contributed by atoms with Crippen molar-refractivity contribution in [2.75, 3.05) is 27.7 Å². The average molecular weight is 248 g/mol. The Kier molecular flexibility index (Phi) is 2.57. The van der Waals surface area contributed by atoms with Crippen LogP contribution in [0.15, 0.2) is 12.7 Å². The van der Waals surface area contributed by atoms with Gasteiger partial charge in [0.1, 0.15) is 12.6 Å². The predicted octanol–water partition coefficient (Wildman–Crippen LogP) is 1.33. The van der Waals surface area contributed by atoms with Gasteiger partial charge < -0.3 is 4.74 Å². The molecule has 1 aliphatic heterocycles. The maximum Gasteiger partial charge on any atom is 0.258 e. The van der Waals surface area contributed by atoms with Crippen molar-refractivity contribution in [3.63, 3.8) is 0 Å². The van der Waals surface area contributed by atoms with Crippen molar-refractivity contribution in [3.05, 3.63) is 12.7 Å². The summed E-state index contributed by atoms with van der Waals surface area (Å²) in [4.78, 5) is 13.2. The van der Waals surface area contributed by atoms with Gasteiger partial charge in [-0.05, 0) is 12.8 Å². The van der Waals surface area contributed by atoms with Crippen LogP contribution in [0, 0.1) is 0 Å². The molecule has 6 heteroatoms. The molecule has 0 N–H and O–H groups in total. The smallest absolute Gasteiger partial charge is 0.258 e. The van der Waals surface area contributed by atoms with E-state index in [1.165, 1.54) is 0 Å². The first-order chi connectivity index (χ1) is 8.57. The summed E-state index contributed by atoms with van der Waals surface area (Å²) < 4.78 is 8.33. The van der Waals surface area contributed by atoms with Gasteiger partial charge >= 0.3 is 0 Å². The van der Waals surface area contributed by atoms with Crippen LogP contribution < -0.4 is 4.48 Å². The maximum absolute atomic E-state index is 5.69. The maximum atomic E-state index is 5.69. The van der Waals surface area contributed by atoms with Crippen LogP contribution in [0.2, 0.25) is 0 Å².